The van der Waals surface area contributed by atoms with E-state index in [1.807, 2.05) is 39.2 Å². The largest absolute Gasteiger partial charge is 0.337 e. The molecule has 0 aliphatic carbocycles. The number of hydrogen-bond donors (Lipinski definition) is 2. The zero-order valence-electron chi connectivity index (χ0n) is 14.7. The summed E-state index contributed by atoms with van der Waals surface area (Å²) in [5, 5.41) is 10.2. The first-order chi connectivity index (χ1) is 11.5. The van der Waals surface area contributed by atoms with Gasteiger partial charge in [0.05, 0.1) is 0 Å². The fraction of sp³-hybridized carbons (Fsp3) is 0.421. The number of likely N-dealkylation sites (N-methyl/N-ethyl adjacent to an activating group) is 1. The molecule has 130 valence electrons. The van der Waals surface area contributed by atoms with Gasteiger partial charge in [0, 0.05) is 18.6 Å². The predicted molar refractivity (Wildman–Crippen MR) is 102 cm³/mol. The van der Waals surface area contributed by atoms with Crippen LogP contribution in [-0.4, -0.2) is 43.7 Å². The molecule has 2 rings (SSSR count). The van der Waals surface area contributed by atoms with Gasteiger partial charge >= 0.3 is 6.03 Å². The van der Waals surface area contributed by atoms with E-state index in [1.54, 1.807) is 11.3 Å². The Morgan fingerprint density at radius 3 is 2.50 bits per heavy atom. The zero-order chi connectivity index (χ0) is 17.4. The fourth-order valence-corrected chi connectivity index (χ4v) is 3.30. The van der Waals surface area contributed by atoms with Gasteiger partial charge in [-0.15, -0.1) is 0 Å². The summed E-state index contributed by atoms with van der Waals surface area (Å²) in [6, 6.07) is 12.8. The number of rotatable bonds is 8. The van der Waals surface area contributed by atoms with Gasteiger partial charge in [0.15, 0.2) is 0 Å². The van der Waals surface area contributed by atoms with Crippen LogP contribution in [0.15, 0.2) is 47.2 Å². The zero-order valence-corrected chi connectivity index (χ0v) is 15.5. The van der Waals surface area contributed by atoms with Crippen molar-refractivity contribution in [2.45, 2.75) is 31.8 Å². The second kappa shape index (κ2) is 9.45. The summed E-state index contributed by atoms with van der Waals surface area (Å²) in [4.78, 5) is 14.3. The molecule has 24 heavy (non-hydrogen) atoms. The molecule has 2 amide bonds. The molecule has 0 saturated heterocycles. The average Bonchev–Trinajstić information content (AvgIpc) is 3.04. The van der Waals surface area contributed by atoms with E-state index in [-0.39, 0.29) is 18.1 Å². The SMILES string of the molecule is CC(Cc1ccsc1)NC(=O)NC[C@H](Cc1ccccc1)N(C)C. The van der Waals surface area contributed by atoms with Crippen molar-refractivity contribution in [1.82, 2.24) is 15.5 Å². The molecule has 0 fully saturated rings. The van der Waals surface area contributed by atoms with E-state index in [4.69, 9.17) is 0 Å². The summed E-state index contributed by atoms with van der Waals surface area (Å²) in [5.41, 5.74) is 2.55. The first-order valence-electron chi connectivity index (χ1n) is 8.30. The van der Waals surface area contributed by atoms with Crippen molar-refractivity contribution >= 4 is 17.4 Å². The summed E-state index contributed by atoms with van der Waals surface area (Å²) >= 11 is 1.68. The monoisotopic (exact) mass is 345 g/mol. The lowest BCUT2D eigenvalue weighted by Crippen LogP contribution is -2.47. The first kappa shape index (κ1) is 18.5. The smallest absolute Gasteiger partial charge is 0.315 e. The Bertz CT molecular complexity index is 598. The summed E-state index contributed by atoms with van der Waals surface area (Å²) in [6.45, 7) is 2.66. The van der Waals surface area contributed by atoms with Gasteiger partial charge in [-0.25, -0.2) is 4.79 Å². The molecule has 0 aliphatic heterocycles. The highest BCUT2D eigenvalue weighted by Crippen LogP contribution is 2.09. The molecule has 0 aliphatic rings. The summed E-state index contributed by atoms with van der Waals surface area (Å²) in [7, 11) is 4.10. The van der Waals surface area contributed by atoms with Crippen molar-refractivity contribution < 1.29 is 4.79 Å². The van der Waals surface area contributed by atoms with Crippen LogP contribution in [0.1, 0.15) is 18.1 Å². The average molecular weight is 346 g/mol. The van der Waals surface area contributed by atoms with Gasteiger partial charge in [0.2, 0.25) is 0 Å². The number of thiophene rings is 1. The minimum absolute atomic E-state index is 0.0994. The van der Waals surface area contributed by atoms with Crippen LogP contribution in [0.2, 0.25) is 0 Å². The van der Waals surface area contributed by atoms with Crippen LogP contribution in [-0.2, 0) is 12.8 Å². The molecule has 2 aromatic rings. The van der Waals surface area contributed by atoms with Crippen molar-refractivity contribution in [1.29, 1.82) is 0 Å². The molecule has 0 radical (unpaired) electrons. The molecule has 0 bridgehead atoms. The Morgan fingerprint density at radius 1 is 1.12 bits per heavy atom. The minimum atomic E-state index is -0.0994. The van der Waals surface area contributed by atoms with E-state index < -0.39 is 0 Å². The summed E-state index contributed by atoms with van der Waals surface area (Å²) in [5.74, 6) is 0. The Morgan fingerprint density at radius 2 is 1.88 bits per heavy atom. The number of carbonyl (C=O) groups is 1. The fourth-order valence-electron chi connectivity index (χ4n) is 2.62. The Kier molecular flexibility index (Phi) is 7.28. The normalized spacial score (nSPS) is 13.5. The predicted octanol–water partition coefficient (Wildman–Crippen LogP) is 3.15. The molecule has 1 heterocycles. The molecule has 2 atom stereocenters. The molecule has 5 heteroatoms. The Labute approximate surface area is 148 Å². The minimum Gasteiger partial charge on any atom is -0.337 e. The number of amides is 2. The van der Waals surface area contributed by atoms with Crippen molar-refractivity contribution in [3.63, 3.8) is 0 Å². The van der Waals surface area contributed by atoms with Gasteiger partial charge in [0.1, 0.15) is 0 Å². The van der Waals surface area contributed by atoms with E-state index in [0.717, 1.165) is 12.8 Å². The molecule has 1 aromatic heterocycles. The third-order valence-electron chi connectivity index (χ3n) is 4.04. The molecule has 0 saturated carbocycles. The molecule has 4 nitrogen and oxygen atoms in total. The number of urea groups is 1. The highest BCUT2D eigenvalue weighted by atomic mass is 32.1. The number of carbonyl (C=O) groups excluding carboxylic acids is 1. The standard InChI is InChI=1S/C19H27N3OS/c1-15(11-17-9-10-24-14-17)21-19(23)20-13-18(22(2)3)12-16-7-5-4-6-8-16/h4-10,14-15,18H,11-13H2,1-3H3,(H2,20,21,23)/t15?,18-/m0/s1. The van der Waals surface area contributed by atoms with Crippen molar-refractivity contribution in [2.75, 3.05) is 20.6 Å². The number of nitrogens with one attached hydrogen (secondary N) is 2. The number of hydrogen-bond acceptors (Lipinski definition) is 3. The van der Waals surface area contributed by atoms with E-state index >= 15 is 0 Å². The maximum absolute atomic E-state index is 12.1. The van der Waals surface area contributed by atoms with Crippen molar-refractivity contribution in [2.24, 2.45) is 0 Å². The highest BCUT2D eigenvalue weighted by Gasteiger charge is 2.14. The lowest BCUT2D eigenvalue weighted by atomic mass is 10.1. The Balaban J connectivity index is 1.77. The van der Waals surface area contributed by atoms with Crippen LogP contribution in [0.4, 0.5) is 4.79 Å². The van der Waals surface area contributed by atoms with Crippen molar-refractivity contribution in [3.05, 3.63) is 58.3 Å². The Hall–Kier alpha value is -1.85. The maximum Gasteiger partial charge on any atom is 0.315 e. The molecule has 0 spiro atoms. The van der Waals surface area contributed by atoms with Gasteiger partial charge in [-0.1, -0.05) is 30.3 Å². The van der Waals surface area contributed by atoms with E-state index in [2.05, 4.69) is 44.5 Å². The van der Waals surface area contributed by atoms with E-state index in [0.29, 0.717) is 6.54 Å². The maximum atomic E-state index is 12.1. The summed E-state index contributed by atoms with van der Waals surface area (Å²) in [6.07, 6.45) is 1.77. The third-order valence-corrected chi connectivity index (χ3v) is 4.77. The second-order valence-electron chi connectivity index (χ2n) is 6.40. The highest BCUT2D eigenvalue weighted by molar-refractivity contribution is 7.07. The quantitative estimate of drug-likeness (QED) is 0.772. The first-order valence-corrected chi connectivity index (χ1v) is 9.24. The summed E-state index contributed by atoms with van der Waals surface area (Å²) < 4.78 is 0. The van der Waals surface area contributed by atoms with Gasteiger partial charge in [-0.2, -0.15) is 11.3 Å². The van der Waals surface area contributed by atoms with E-state index in [9.17, 15) is 4.79 Å². The molecule has 2 N–H and O–H groups in total. The van der Waals surface area contributed by atoms with Crippen LogP contribution in [0, 0.1) is 0 Å². The number of nitrogens with zero attached hydrogens (tertiary/aromatic N) is 1. The van der Waals surface area contributed by atoms with Crippen LogP contribution in [0.25, 0.3) is 0 Å². The third kappa shape index (κ3) is 6.34. The van der Waals surface area contributed by atoms with Crippen LogP contribution >= 0.6 is 11.3 Å². The molecular formula is C19H27N3OS. The van der Waals surface area contributed by atoms with E-state index in [1.165, 1.54) is 11.1 Å². The van der Waals surface area contributed by atoms with Gasteiger partial charge in [-0.3, -0.25) is 0 Å². The molecule has 1 aromatic carbocycles. The molecule has 1 unspecified atom stereocenters. The van der Waals surface area contributed by atoms with Gasteiger partial charge < -0.3 is 15.5 Å². The second-order valence-corrected chi connectivity index (χ2v) is 7.18. The number of benzene rings is 1. The van der Waals surface area contributed by atoms with Gasteiger partial charge in [-0.05, 0) is 61.8 Å². The van der Waals surface area contributed by atoms with Crippen molar-refractivity contribution in [3.8, 4) is 0 Å². The van der Waals surface area contributed by atoms with Gasteiger partial charge in [0.25, 0.3) is 0 Å². The topological polar surface area (TPSA) is 44.4 Å². The lowest BCUT2D eigenvalue weighted by Gasteiger charge is -2.25. The van der Waals surface area contributed by atoms with Crippen LogP contribution < -0.4 is 10.6 Å². The molecular weight excluding hydrogens is 318 g/mol. The van der Waals surface area contributed by atoms with Crippen LogP contribution in [0.3, 0.4) is 0 Å². The lowest BCUT2D eigenvalue weighted by molar-refractivity contribution is 0.229. The van der Waals surface area contributed by atoms with Crippen LogP contribution in [0.5, 0.6) is 0 Å².